The second-order valence-corrected chi connectivity index (χ2v) is 9.72. The molecule has 0 radical (unpaired) electrons. The summed E-state index contributed by atoms with van der Waals surface area (Å²) in [6.45, 7) is 1.46. The molecule has 10 nitrogen and oxygen atoms in total. The van der Waals surface area contributed by atoms with Gasteiger partial charge in [-0.1, -0.05) is 18.2 Å². The largest absolute Gasteiger partial charge is 0.361 e. The van der Waals surface area contributed by atoms with Crippen molar-refractivity contribution in [3.63, 3.8) is 0 Å². The predicted octanol–water partition coefficient (Wildman–Crippen LogP) is 3.35. The normalized spacial score (nSPS) is 11.2. The molecule has 4 rings (SSSR count). The van der Waals surface area contributed by atoms with Crippen molar-refractivity contribution in [2.24, 2.45) is 14.1 Å². The highest BCUT2D eigenvalue weighted by atomic mass is 16.2. The van der Waals surface area contributed by atoms with Crippen molar-refractivity contribution >= 4 is 40.0 Å². The van der Waals surface area contributed by atoms with Crippen LogP contribution in [0.2, 0.25) is 0 Å². The predicted molar refractivity (Wildman–Crippen MR) is 150 cm³/mol. The van der Waals surface area contributed by atoms with E-state index in [0.29, 0.717) is 42.1 Å². The number of carbonyl (C=O) groups is 3. The van der Waals surface area contributed by atoms with Crippen molar-refractivity contribution < 1.29 is 14.4 Å². The lowest BCUT2D eigenvalue weighted by Gasteiger charge is -2.10. The van der Waals surface area contributed by atoms with Crippen LogP contribution in [0.4, 0.5) is 11.4 Å². The molecule has 1 aromatic carbocycles. The van der Waals surface area contributed by atoms with Gasteiger partial charge in [0, 0.05) is 56.6 Å². The average Bonchev–Trinajstić information content (AvgIpc) is 3.56. The molecular weight excluding hydrogens is 482 g/mol. The molecule has 0 fully saturated rings. The minimum atomic E-state index is -0.338. The van der Waals surface area contributed by atoms with Crippen LogP contribution in [0.15, 0.2) is 55.0 Å². The standard InChI is InChI=1S/C28H35N7O3/c1-33(2)13-7-12-29-27(37)24-15-21(18-34(24)3)32-28(38)25-14-20(17-35(25)4)31-26(36)11-10-19-16-30-23-9-6-5-8-22(19)23/h5-6,8-9,14-18,30H,7,10-13H2,1-4H3,(H,29,37)(H,31,36)(H,32,38). The number of nitrogens with one attached hydrogen (secondary N) is 4. The van der Waals surface area contributed by atoms with E-state index < -0.39 is 0 Å². The number of nitrogens with zero attached hydrogens (tertiary/aromatic N) is 3. The van der Waals surface area contributed by atoms with Gasteiger partial charge in [-0.3, -0.25) is 14.4 Å². The summed E-state index contributed by atoms with van der Waals surface area (Å²) < 4.78 is 3.34. The number of hydrogen-bond acceptors (Lipinski definition) is 4. The first kappa shape index (κ1) is 26.7. The van der Waals surface area contributed by atoms with Gasteiger partial charge in [0.05, 0.1) is 11.4 Å². The third-order valence-corrected chi connectivity index (χ3v) is 6.38. The Morgan fingerprint density at radius 1 is 0.921 bits per heavy atom. The summed E-state index contributed by atoms with van der Waals surface area (Å²) in [4.78, 5) is 43.3. The van der Waals surface area contributed by atoms with E-state index in [-0.39, 0.29) is 17.7 Å². The summed E-state index contributed by atoms with van der Waals surface area (Å²) in [7, 11) is 7.49. The Kier molecular flexibility index (Phi) is 8.32. The van der Waals surface area contributed by atoms with Crippen molar-refractivity contribution in [1.82, 2.24) is 24.3 Å². The molecule has 0 aliphatic carbocycles. The molecule has 10 heteroatoms. The lowest BCUT2D eigenvalue weighted by atomic mass is 10.1. The molecule has 0 spiro atoms. The van der Waals surface area contributed by atoms with E-state index in [1.54, 1.807) is 47.8 Å². The zero-order valence-corrected chi connectivity index (χ0v) is 22.3. The van der Waals surface area contributed by atoms with E-state index in [1.807, 2.05) is 44.6 Å². The van der Waals surface area contributed by atoms with Gasteiger partial charge in [-0.2, -0.15) is 0 Å². The molecule has 4 N–H and O–H groups in total. The third kappa shape index (κ3) is 6.51. The lowest BCUT2D eigenvalue weighted by Crippen LogP contribution is -2.28. The van der Waals surface area contributed by atoms with Gasteiger partial charge < -0.3 is 35.0 Å². The summed E-state index contributed by atoms with van der Waals surface area (Å²) in [6.07, 6.45) is 7.12. The molecular formula is C28H35N7O3. The van der Waals surface area contributed by atoms with E-state index in [9.17, 15) is 14.4 Å². The Morgan fingerprint density at radius 3 is 2.29 bits per heavy atom. The van der Waals surface area contributed by atoms with E-state index in [0.717, 1.165) is 29.4 Å². The van der Waals surface area contributed by atoms with Crippen molar-refractivity contribution in [3.8, 4) is 0 Å². The number of H-pyrrole nitrogens is 1. The van der Waals surface area contributed by atoms with Gasteiger partial charge in [-0.05, 0) is 57.2 Å². The minimum Gasteiger partial charge on any atom is -0.361 e. The van der Waals surface area contributed by atoms with Gasteiger partial charge in [0.15, 0.2) is 0 Å². The van der Waals surface area contributed by atoms with Gasteiger partial charge >= 0.3 is 0 Å². The van der Waals surface area contributed by atoms with Crippen molar-refractivity contribution in [2.45, 2.75) is 19.3 Å². The van der Waals surface area contributed by atoms with Gasteiger partial charge in [-0.25, -0.2) is 0 Å². The maximum atomic E-state index is 12.9. The molecule has 3 heterocycles. The lowest BCUT2D eigenvalue weighted by molar-refractivity contribution is -0.116. The second-order valence-electron chi connectivity index (χ2n) is 9.72. The first-order valence-electron chi connectivity index (χ1n) is 12.6. The van der Waals surface area contributed by atoms with Crippen LogP contribution >= 0.6 is 0 Å². The molecule has 0 bridgehead atoms. The summed E-state index contributed by atoms with van der Waals surface area (Å²) in [6, 6.07) is 11.3. The molecule has 0 aliphatic rings. The van der Waals surface area contributed by atoms with E-state index in [2.05, 4.69) is 25.8 Å². The first-order valence-corrected chi connectivity index (χ1v) is 12.6. The van der Waals surface area contributed by atoms with Gasteiger partial charge in [-0.15, -0.1) is 0 Å². The molecule has 3 amide bonds. The fraction of sp³-hybridized carbons (Fsp3) is 0.321. The smallest absolute Gasteiger partial charge is 0.272 e. The summed E-state index contributed by atoms with van der Waals surface area (Å²) in [5.74, 6) is -0.657. The molecule has 3 aromatic heterocycles. The van der Waals surface area contributed by atoms with Crippen LogP contribution in [-0.4, -0.2) is 63.9 Å². The number of rotatable bonds is 11. The van der Waals surface area contributed by atoms with Gasteiger partial charge in [0.2, 0.25) is 5.91 Å². The molecule has 38 heavy (non-hydrogen) atoms. The molecule has 4 aromatic rings. The Bertz CT molecular complexity index is 1440. The van der Waals surface area contributed by atoms with Crippen LogP contribution in [-0.2, 0) is 25.3 Å². The number of hydrogen-bond donors (Lipinski definition) is 4. The third-order valence-electron chi connectivity index (χ3n) is 6.38. The fourth-order valence-electron chi connectivity index (χ4n) is 4.41. The van der Waals surface area contributed by atoms with E-state index in [1.165, 1.54) is 0 Å². The zero-order valence-electron chi connectivity index (χ0n) is 22.3. The highest BCUT2D eigenvalue weighted by Gasteiger charge is 2.17. The van der Waals surface area contributed by atoms with Crippen LogP contribution in [0.5, 0.6) is 0 Å². The van der Waals surface area contributed by atoms with Gasteiger partial charge in [0.1, 0.15) is 11.4 Å². The molecule has 0 atom stereocenters. The number of aromatic nitrogens is 3. The first-order chi connectivity index (χ1) is 18.2. The number of carbonyl (C=O) groups excluding carboxylic acids is 3. The summed E-state index contributed by atoms with van der Waals surface area (Å²) in [5, 5.41) is 9.75. The van der Waals surface area contributed by atoms with Crippen molar-refractivity contribution in [3.05, 3.63) is 71.9 Å². The second kappa shape index (κ2) is 11.8. The number of anilines is 2. The van der Waals surface area contributed by atoms with Gasteiger partial charge in [0.25, 0.3) is 11.8 Å². The molecule has 0 aliphatic heterocycles. The maximum Gasteiger partial charge on any atom is 0.272 e. The zero-order chi connectivity index (χ0) is 27.2. The topological polar surface area (TPSA) is 116 Å². The number of aryl methyl sites for hydroxylation is 3. The number of fused-ring (bicyclic) bond motifs is 1. The Hall–Kier alpha value is -4.31. The van der Waals surface area contributed by atoms with Crippen LogP contribution in [0.3, 0.4) is 0 Å². The average molecular weight is 518 g/mol. The monoisotopic (exact) mass is 517 g/mol. The minimum absolute atomic E-state index is 0.128. The fourth-order valence-corrected chi connectivity index (χ4v) is 4.41. The number of para-hydroxylation sites is 1. The van der Waals surface area contributed by atoms with Crippen LogP contribution in [0.1, 0.15) is 39.4 Å². The summed E-state index contributed by atoms with van der Waals surface area (Å²) >= 11 is 0. The van der Waals surface area contributed by atoms with Crippen LogP contribution in [0, 0.1) is 0 Å². The SMILES string of the molecule is CN(C)CCCNC(=O)c1cc(NC(=O)c2cc(NC(=O)CCc3c[nH]c4ccccc34)cn2C)cn1C. The molecule has 0 saturated carbocycles. The Balaban J connectivity index is 1.31. The van der Waals surface area contributed by atoms with Crippen molar-refractivity contribution in [1.29, 1.82) is 0 Å². The number of amides is 3. The maximum absolute atomic E-state index is 12.9. The highest BCUT2D eigenvalue weighted by molar-refractivity contribution is 6.05. The number of aromatic amines is 1. The Labute approximate surface area is 222 Å². The highest BCUT2D eigenvalue weighted by Crippen LogP contribution is 2.20. The molecule has 0 saturated heterocycles. The van der Waals surface area contributed by atoms with E-state index in [4.69, 9.17) is 0 Å². The van der Waals surface area contributed by atoms with Crippen LogP contribution in [0.25, 0.3) is 10.9 Å². The quantitative estimate of drug-likeness (QED) is 0.228. The van der Waals surface area contributed by atoms with Crippen LogP contribution < -0.4 is 16.0 Å². The molecule has 0 unspecified atom stereocenters. The van der Waals surface area contributed by atoms with E-state index >= 15 is 0 Å². The Morgan fingerprint density at radius 2 is 1.58 bits per heavy atom. The number of benzene rings is 1. The van der Waals surface area contributed by atoms with Crippen molar-refractivity contribution in [2.75, 3.05) is 37.8 Å². The molecule has 200 valence electrons. The summed E-state index contributed by atoms with van der Waals surface area (Å²) in [5.41, 5.74) is 4.05.